The SMILES string of the molecule is CCCC#CCCC[C@H]1CCC(=O)[C@@H]1CCCCCC(O)(F)C(=O)O. The molecule has 0 bridgehead atoms. The predicted octanol–water partition coefficient (Wildman–Crippen LogP) is 4.25. The highest BCUT2D eigenvalue weighted by atomic mass is 19.2. The summed E-state index contributed by atoms with van der Waals surface area (Å²) in [6.45, 7) is 2.11. The van der Waals surface area contributed by atoms with Gasteiger partial charge in [-0.1, -0.05) is 19.8 Å². The average molecular weight is 354 g/mol. The molecular formula is C20H31FO4. The van der Waals surface area contributed by atoms with Crippen LogP contribution in [0.5, 0.6) is 0 Å². The van der Waals surface area contributed by atoms with E-state index >= 15 is 0 Å². The predicted molar refractivity (Wildman–Crippen MR) is 94.5 cm³/mol. The zero-order valence-electron chi connectivity index (χ0n) is 15.2. The summed E-state index contributed by atoms with van der Waals surface area (Å²) in [5, 5.41) is 17.5. The summed E-state index contributed by atoms with van der Waals surface area (Å²) in [5.74, 6) is 2.20. The largest absolute Gasteiger partial charge is 0.477 e. The highest BCUT2D eigenvalue weighted by Gasteiger charge is 2.35. The molecule has 0 aromatic rings. The second kappa shape index (κ2) is 11.3. The quantitative estimate of drug-likeness (QED) is 0.430. The Morgan fingerprint density at radius 3 is 2.60 bits per heavy atom. The lowest BCUT2D eigenvalue weighted by Gasteiger charge is -2.18. The first-order chi connectivity index (χ1) is 11.9. The molecule has 2 N–H and O–H groups in total. The summed E-state index contributed by atoms with van der Waals surface area (Å²) < 4.78 is 13.2. The number of halogens is 1. The molecule has 0 spiro atoms. The fourth-order valence-corrected chi connectivity index (χ4v) is 3.48. The topological polar surface area (TPSA) is 74.6 Å². The summed E-state index contributed by atoms with van der Waals surface area (Å²) >= 11 is 0. The second-order valence-corrected chi connectivity index (χ2v) is 7.03. The Morgan fingerprint density at radius 2 is 1.92 bits per heavy atom. The molecule has 0 saturated heterocycles. The minimum absolute atomic E-state index is 0.0901. The summed E-state index contributed by atoms with van der Waals surface area (Å²) in [4.78, 5) is 22.5. The molecule has 0 amide bonds. The first kappa shape index (κ1) is 21.6. The Labute approximate surface area is 150 Å². The van der Waals surface area contributed by atoms with Crippen molar-refractivity contribution in [3.05, 3.63) is 0 Å². The van der Waals surface area contributed by atoms with Crippen LogP contribution in [0.2, 0.25) is 0 Å². The van der Waals surface area contributed by atoms with Gasteiger partial charge in [0.15, 0.2) is 0 Å². The van der Waals surface area contributed by atoms with Crippen LogP contribution in [0.3, 0.4) is 0 Å². The van der Waals surface area contributed by atoms with Crippen LogP contribution in [0.1, 0.15) is 84.0 Å². The van der Waals surface area contributed by atoms with Crippen molar-refractivity contribution in [1.82, 2.24) is 0 Å². The number of carbonyl (C=O) groups excluding carboxylic acids is 1. The van der Waals surface area contributed by atoms with Crippen molar-refractivity contribution >= 4 is 11.8 Å². The molecule has 0 aliphatic heterocycles. The summed E-state index contributed by atoms with van der Waals surface area (Å²) in [6.07, 6.45) is 8.65. The maximum Gasteiger partial charge on any atom is 0.369 e. The third-order valence-electron chi connectivity index (χ3n) is 4.97. The number of carbonyl (C=O) groups is 2. The van der Waals surface area contributed by atoms with Gasteiger partial charge in [-0.15, -0.1) is 11.8 Å². The summed E-state index contributed by atoms with van der Waals surface area (Å²) in [7, 11) is 0. The Morgan fingerprint density at radius 1 is 1.20 bits per heavy atom. The third-order valence-corrected chi connectivity index (χ3v) is 4.97. The van der Waals surface area contributed by atoms with Crippen LogP contribution >= 0.6 is 0 Å². The number of rotatable bonds is 11. The van der Waals surface area contributed by atoms with Crippen LogP contribution in [0.4, 0.5) is 4.39 Å². The molecular weight excluding hydrogens is 323 g/mol. The monoisotopic (exact) mass is 354 g/mol. The van der Waals surface area contributed by atoms with E-state index in [1.807, 2.05) is 0 Å². The van der Waals surface area contributed by atoms with Gasteiger partial charge in [0.05, 0.1) is 0 Å². The lowest BCUT2D eigenvalue weighted by Crippen LogP contribution is -2.32. The molecule has 1 aliphatic carbocycles. The lowest BCUT2D eigenvalue weighted by atomic mass is 9.86. The smallest absolute Gasteiger partial charge is 0.369 e. The van der Waals surface area contributed by atoms with Crippen molar-refractivity contribution in [3.8, 4) is 11.8 Å². The van der Waals surface area contributed by atoms with E-state index in [1.165, 1.54) is 0 Å². The average Bonchev–Trinajstić information content (AvgIpc) is 2.90. The van der Waals surface area contributed by atoms with Crippen molar-refractivity contribution < 1.29 is 24.2 Å². The van der Waals surface area contributed by atoms with Crippen LogP contribution in [0.15, 0.2) is 0 Å². The van der Waals surface area contributed by atoms with Gasteiger partial charge in [0.25, 0.3) is 0 Å². The number of carboxylic acids is 1. The first-order valence-electron chi connectivity index (χ1n) is 9.51. The van der Waals surface area contributed by atoms with Gasteiger partial charge in [0.2, 0.25) is 0 Å². The molecule has 0 heterocycles. The zero-order valence-corrected chi connectivity index (χ0v) is 15.2. The van der Waals surface area contributed by atoms with Crippen molar-refractivity contribution in [1.29, 1.82) is 0 Å². The van der Waals surface area contributed by atoms with Gasteiger partial charge in [-0.05, 0) is 44.4 Å². The third kappa shape index (κ3) is 8.00. The van der Waals surface area contributed by atoms with Gasteiger partial charge in [0.1, 0.15) is 5.78 Å². The number of Topliss-reactive ketones (excluding diaryl/α,β-unsaturated/α-hetero) is 1. The Hall–Kier alpha value is -1.41. The van der Waals surface area contributed by atoms with E-state index in [9.17, 15) is 14.0 Å². The highest BCUT2D eigenvalue weighted by molar-refractivity contribution is 5.83. The van der Waals surface area contributed by atoms with Crippen LogP contribution in [0, 0.1) is 23.7 Å². The fourth-order valence-electron chi connectivity index (χ4n) is 3.48. The molecule has 5 heteroatoms. The van der Waals surface area contributed by atoms with Gasteiger partial charge < -0.3 is 10.2 Å². The molecule has 1 unspecified atom stereocenters. The zero-order chi connectivity index (χ0) is 18.7. The van der Waals surface area contributed by atoms with E-state index in [4.69, 9.17) is 10.2 Å². The number of hydrogen-bond donors (Lipinski definition) is 2. The lowest BCUT2D eigenvalue weighted by molar-refractivity contribution is -0.181. The van der Waals surface area contributed by atoms with E-state index in [-0.39, 0.29) is 5.92 Å². The standard InChI is InChI=1S/C20H31FO4/c1-2-3-4-5-6-8-11-16-13-14-18(22)17(16)12-9-7-10-15-20(21,25)19(23)24/h16-17,25H,2-3,6-15H2,1H3,(H,23,24)/t16-,17+,20?/m0/s1. The first-order valence-corrected chi connectivity index (χ1v) is 9.51. The molecule has 0 aromatic carbocycles. The molecule has 142 valence electrons. The second-order valence-electron chi connectivity index (χ2n) is 7.03. The van der Waals surface area contributed by atoms with Crippen LogP contribution in [0.25, 0.3) is 0 Å². The van der Waals surface area contributed by atoms with Gasteiger partial charge in [-0.2, -0.15) is 4.39 Å². The van der Waals surface area contributed by atoms with Gasteiger partial charge >= 0.3 is 11.8 Å². The number of aliphatic carboxylic acids is 1. The molecule has 0 aromatic heterocycles. The molecule has 1 saturated carbocycles. The maximum atomic E-state index is 13.2. The summed E-state index contributed by atoms with van der Waals surface area (Å²) in [6, 6.07) is 0. The molecule has 25 heavy (non-hydrogen) atoms. The molecule has 1 aliphatic rings. The van der Waals surface area contributed by atoms with Crippen LogP contribution < -0.4 is 0 Å². The van der Waals surface area contributed by atoms with E-state index in [1.54, 1.807) is 0 Å². The molecule has 3 atom stereocenters. The van der Waals surface area contributed by atoms with Crippen LogP contribution in [-0.2, 0) is 9.59 Å². The Balaban J connectivity index is 2.25. The molecule has 4 nitrogen and oxygen atoms in total. The van der Waals surface area contributed by atoms with Crippen molar-refractivity contribution in [3.63, 3.8) is 0 Å². The minimum Gasteiger partial charge on any atom is -0.477 e. The molecule has 0 radical (unpaired) electrons. The van der Waals surface area contributed by atoms with E-state index < -0.39 is 18.2 Å². The number of hydrogen-bond acceptors (Lipinski definition) is 3. The maximum absolute atomic E-state index is 13.2. The highest BCUT2D eigenvalue weighted by Crippen LogP contribution is 2.36. The van der Waals surface area contributed by atoms with Crippen molar-refractivity contribution in [2.24, 2.45) is 11.8 Å². The van der Waals surface area contributed by atoms with E-state index in [2.05, 4.69) is 18.8 Å². The van der Waals surface area contributed by atoms with Gasteiger partial charge in [-0.3, -0.25) is 4.79 Å². The molecule has 1 fully saturated rings. The number of alkyl halides is 1. The van der Waals surface area contributed by atoms with Crippen molar-refractivity contribution in [2.75, 3.05) is 0 Å². The normalized spacial score (nSPS) is 22.3. The van der Waals surface area contributed by atoms with Crippen molar-refractivity contribution in [2.45, 2.75) is 89.8 Å². The minimum atomic E-state index is -3.13. The number of aliphatic hydroxyl groups is 1. The number of unbranched alkanes of at least 4 members (excludes halogenated alkanes) is 4. The van der Waals surface area contributed by atoms with E-state index in [0.717, 1.165) is 51.4 Å². The van der Waals surface area contributed by atoms with E-state index in [0.29, 0.717) is 31.0 Å². The molecule has 1 rings (SSSR count). The Bertz CT molecular complexity index is 490. The van der Waals surface area contributed by atoms with Gasteiger partial charge in [0, 0.05) is 31.6 Å². The van der Waals surface area contributed by atoms with Gasteiger partial charge in [-0.25, -0.2) is 4.79 Å². The Kier molecular flexibility index (Phi) is 9.74. The van der Waals surface area contributed by atoms with Crippen LogP contribution in [-0.4, -0.2) is 27.8 Å². The number of ketones is 1. The number of carboxylic acid groups (broad SMARTS) is 1. The fraction of sp³-hybridized carbons (Fsp3) is 0.800. The summed E-state index contributed by atoms with van der Waals surface area (Å²) in [5.41, 5.74) is 0.